The minimum absolute atomic E-state index is 0.222. The lowest BCUT2D eigenvalue weighted by atomic mass is 9.80. The van der Waals surface area contributed by atoms with Crippen molar-refractivity contribution >= 4 is 11.5 Å². The van der Waals surface area contributed by atoms with Crippen LogP contribution in [-0.2, 0) is 5.54 Å². The minimum Gasteiger partial charge on any atom is -0.364 e. The van der Waals surface area contributed by atoms with Gasteiger partial charge in [-0.2, -0.15) is 0 Å². The predicted molar refractivity (Wildman–Crippen MR) is 77.6 cm³/mol. The van der Waals surface area contributed by atoms with Crippen LogP contribution in [0.4, 0.5) is 5.69 Å². The average Bonchev–Trinajstić information content (AvgIpc) is 2.46. The first kappa shape index (κ1) is 12.0. The van der Waals surface area contributed by atoms with Crippen molar-refractivity contribution in [3.05, 3.63) is 65.7 Å². The topological polar surface area (TPSA) is 20.3 Å². The third-order valence-electron chi connectivity index (χ3n) is 4.21. The van der Waals surface area contributed by atoms with Crippen LogP contribution >= 0.6 is 0 Å². The zero-order chi connectivity index (χ0) is 13.5. The number of nitrogens with zero attached hydrogens (tertiary/aromatic N) is 1. The van der Waals surface area contributed by atoms with Crippen LogP contribution in [0.15, 0.2) is 54.6 Å². The Labute approximate surface area is 113 Å². The fourth-order valence-corrected chi connectivity index (χ4v) is 2.89. The van der Waals surface area contributed by atoms with Crippen LogP contribution in [0.25, 0.3) is 0 Å². The van der Waals surface area contributed by atoms with Crippen molar-refractivity contribution in [1.82, 2.24) is 0 Å². The highest BCUT2D eigenvalue weighted by Crippen LogP contribution is 2.41. The van der Waals surface area contributed by atoms with Gasteiger partial charge in [-0.05, 0) is 24.6 Å². The molecule has 1 aliphatic rings. The van der Waals surface area contributed by atoms with Crippen molar-refractivity contribution in [3.63, 3.8) is 0 Å². The Morgan fingerprint density at radius 2 is 1.63 bits per heavy atom. The van der Waals surface area contributed by atoms with Gasteiger partial charge in [0.2, 0.25) is 0 Å². The van der Waals surface area contributed by atoms with Gasteiger partial charge >= 0.3 is 0 Å². The number of carbonyl (C=O) groups excluding carboxylic acids is 1. The van der Waals surface area contributed by atoms with Crippen LogP contribution in [-0.4, -0.2) is 12.8 Å². The number of benzene rings is 2. The fraction of sp³-hybridized carbons (Fsp3) is 0.235. The van der Waals surface area contributed by atoms with Crippen molar-refractivity contribution < 1.29 is 4.79 Å². The van der Waals surface area contributed by atoms with Crippen molar-refractivity contribution in [2.45, 2.75) is 18.9 Å². The summed E-state index contributed by atoms with van der Waals surface area (Å²) in [6, 6.07) is 18.1. The molecule has 0 unspecified atom stereocenters. The van der Waals surface area contributed by atoms with Crippen molar-refractivity contribution in [1.29, 1.82) is 0 Å². The van der Waals surface area contributed by atoms with Crippen LogP contribution < -0.4 is 4.90 Å². The molecule has 0 spiro atoms. The Morgan fingerprint density at radius 3 is 2.37 bits per heavy atom. The molecule has 2 nitrogen and oxygen atoms in total. The number of ketones is 1. The number of Topliss-reactive ketones (excluding diaryl/α,β-unsaturated/α-hetero) is 1. The number of fused-ring (bicyclic) bond motifs is 1. The van der Waals surface area contributed by atoms with Gasteiger partial charge in [-0.25, -0.2) is 0 Å². The average molecular weight is 251 g/mol. The number of anilines is 1. The summed E-state index contributed by atoms with van der Waals surface area (Å²) in [7, 11) is 2.07. The standard InChI is InChI=1S/C17H17NO/c1-17(13-8-4-3-5-9-13)12-16(19)14-10-6-7-11-15(14)18(17)2/h3-11H,12H2,1-2H3/t17-/m1/s1. The van der Waals surface area contributed by atoms with Crippen LogP contribution in [0.2, 0.25) is 0 Å². The highest BCUT2D eigenvalue weighted by atomic mass is 16.1. The van der Waals surface area contributed by atoms with Gasteiger partial charge < -0.3 is 4.90 Å². The van der Waals surface area contributed by atoms with E-state index in [2.05, 4.69) is 31.0 Å². The van der Waals surface area contributed by atoms with Gasteiger partial charge in [-0.1, -0.05) is 42.5 Å². The van der Waals surface area contributed by atoms with Crippen LogP contribution in [0.3, 0.4) is 0 Å². The first-order valence-electron chi connectivity index (χ1n) is 6.54. The van der Waals surface area contributed by atoms with E-state index in [9.17, 15) is 4.79 Å². The lowest BCUT2D eigenvalue weighted by molar-refractivity contribution is 0.0943. The quantitative estimate of drug-likeness (QED) is 0.771. The largest absolute Gasteiger partial charge is 0.364 e. The van der Waals surface area contributed by atoms with Gasteiger partial charge in [0, 0.05) is 24.7 Å². The van der Waals surface area contributed by atoms with Crippen LogP contribution in [0.5, 0.6) is 0 Å². The molecule has 1 atom stereocenters. The molecule has 1 aliphatic heterocycles. The van der Waals surface area contributed by atoms with E-state index in [1.165, 1.54) is 5.56 Å². The van der Waals surface area contributed by atoms with Gasteiger partial charge in [-0.3, -0.25) is 4.79 Å². The normalized spacial score (nSPS) is 22.2. The summed E-state index contributed by atoms with van der Waals surface area (Å²) in [5.41, 5.74) is 2.76. The second-order valence-corrected chi connectivity index (χ2v) is 5.32. The molecule has 19 heavy (non-hydrogen) atoms. The molecule has 0 amide bonds. The van der Waals surface area contributed by atoms with E-state index in [-0.39, 0.29) is 11.3 Å². The molecule has 1 heterocycles. The fourth-order valence-electron chi connectivity index (χ4n) is 2.89. The maximum absolute atomic E-state index is 12.4. The number of carbonyl (C=O) groups is 1. The van der Waals surface area contributed by atoms with Gasteiger partial charge in [0.25, 0.3) is 0 Å². The molecule has 0 saturated heterocycles. The van der Waals surface area contributed by atoms with Gasteiger partial charge in [-0.15, -0.1) is 0 Å². The van der Waals surface area contributed by atoms with E-state index in [1.807, 2.05) is 42.5 Å². The molecule has 2 heteroatoms. The zero-order valence-electron chi connectivity index (χ0n) is 11.3. The third-order valence-corrected chi connectivity index (χ3v) is 4.21. The Bertz CT molecular complexity index is 620. The van der Waals surface area contributed by atoms with E-state index in [1.54, 1.807) is 0 Å². The van der Waals surface area contributed by atoms with E-state index in [0.29, 0.717) is 6.42 Å². The SMILES string of the molecule is CN1c2ccccc2C(=O)C[C@]1(C)c1ccccc1. The van der Waals surface area contributed by atoms with Crippen LogP contribution in [0, 0.1) is 0 Å². The Hall–Kier alpha value is -2.09. The molecule has 0 N–H and O–H groups in total. The summed E-state index contributed by atoms with van der Waals surface area (Å²) in [5, 5.41) is 0. The predicted octanol–water partition coefficient (Wildman–Crippen LogP) is 3.62. The van der Waals surface area contributed by atoms with Crippen LogP contribution in [0.1, 0.15) is 29.3 Å². The number of hydrogen-bond acceptors (Lipinski definition) is 2. The van der Waals surface area contributed by atoms with Gasteiger partial charge in [0.15, 0.2) is 5.78 Å². The molecule has 2 aromatic carbocycles. The monoisotopic (exact) mass is 251 g/mol. The molecule has 0 bridgehead atoms. The number of rotatable bonds is 1. The highest BCUT2D eigenvalue weighted by molar-refractivity contribution is 6.04. The van der Waals surface area contributed by atoms with Crippen molar-refractivity contribution in [2.75, 3.05) is 11.9 Å². The molecule has 2 aromatic rings. The Kier molecular flexibility index (Phi) is 2.67. The summed E-state index contributed by atoms with van der Waals surface area (Å²) in [4.78, 5) is 14.6. The maximum Gasteiger partial charge on any atom is 0.167 e. The molecular weight excluding hydrogens is 234 g/mol. The first-order valence-corrected chi connectivity index (χ1v) is 6.54. The maximum atomic E-state index is 12.4. The van der Waals surface area contributed by atoms with E-state index < -0.39 is 0 Å². The molecular formula is C17H17NO. The third kappa shape index (κ3) is 1.75. The van der Waals surface area contributed by atoms with E-state index >= 15 is 0 Å². The first-order chi connectivity index (χ1) is 9.13. The smallest absolute Gasteiger partial charge is 0.167 e. The molecule has 0 aliphatic carbocycles. The Morgan fingerprint density at radius 1 is 1.00 bits per heavy atom. The Balaban J connectivity index is 2.14. The summed E-state index contributed by atoms with van der Waals surface area (Å²) in [6.45, 7) is 2.14. The van der Waals surface area contributed by atoms with Gasteiger partial charge in [0.05, 0.1) is 5.54 Å². The number of hydrogen-bond donors (Lipinski definition) is 0. The highest BCUT2D eigenvalue weighted by Gasteiger charge is 2.39. The summed E-state index contributed by atoms with van der Waals surface area (Å²) < 4.78 is 0. The molecule has 0 radical (unpaired) electrons. The second-order valence-electron chi connectivity index (χ2n) is 5.32. The van der Waals surface area contributed by atoms with Crippen molar-refractivity contribution in [3.8, 4) is 0 Å². The minimum atomic E-state index is -0.271. The second kappa shape index (κ2) is 4.23. The van der Waals surface area contributed by atoms with Crippen molar-refractivity contribution in [2.24, 2.45) is 0 Å². The molecule has 0 aromatic heterocycles. The molecule has 0 fully saturated rings. The number of para-hydroxylation sites is 1. The molecule has 0 saturated carbocycles. The summed E-state index contributed by atoms with van der Waals surface area (Å²) in [6.07, 6.45) is 0.518. The molecule has 3 rings (SSSR count). The molecule has 96 valence electrons. The zero-order valence-corrected chi connectivity index (χ0v) is 11.3. The lowest BCUT2D eigenvalue weighted by Crippen LogP contribution is -2.46. The van der Waals surface area contributed by atoms with E-state index in [4.69, 9.17) is 0 Å². The lowest BCUT2D eigenvalue weighted by Gasteiger charge is -2.44. The van der Waals surface area contributed by atoms with Gasteiger partial charge in [0.1, 0.15) is 0 Å². The summed E-state index contributed by atoms with van der Waals surface area (Å²) in [5.74, 6) is 0.222. The summed E-state index contributed by atoms with van der Waals surface area (Å²) >= 11 is 0. The van der Waals surface area contributed by atoms with E-state index in [0.717, 1.165) is 11.3 Å².